The monoisotopic (exact) mass is 282 g/mol. The Kier molecular flexibility index (Phi) is 4.38. The van der Waals surface area contributed by atoms with Gasteiger partial charge in [0, 0.05) is 19.2 Å². The number of rotatable bonds is 4. The summed E-state index contributed by atoms with van der Waals surface area (Å²) in [6.45, 7) is 0.259. The fraction of sp³-hybridized carbons (Fsp3) is 0.444. The molecule has 0 spiro atoms. The van der Waals surface area contributed by atoms with E-state index in [1.807, 2.05) is 0 Å². The van der Waals surface area contributed by atoms with Gasteiger partial charge in [-0.25, -0.2) is 4.98 Å². The molecule has 0 aliphatic carbocycles. The highest BCUT2D eigenvalue weighted by Gasteiger charge is 2.25. The van der Waals surface area contributed by atoms with Crippen LogP contribution >= 0.6 is 15.9 Å². The quantitative estimate of drug-likeness (QED) is 0.854. The third kappa shape index (κ3) is 5.01. The Morgan fingerprint density at radius 2 is 2.13 bits per heavy atom. The predicted molar refractivity (Wildman–Crippen MR) is 55.7 cm³/mol. The van der Waals surface area contributed by atoms with Gasteiger partial charge >= 0.3 is 6.18 Å². The second kappa shape index (κ2) is 5.34. The Bertz CT molecular complexity index is 314. The highest BCUT2D eigenvalue weighted by Crippen LogP contribution is 2.22. The molecule has 0 unspecified atom stereocenters. The summed E-state index contributed by atoms with van der Waals surface area (Å²) >= 11 is 3.24. The summed E-state index contributed by atoms with van der Waals surface area (Å²) in [7, 11) is 0. The van der Waals surface area contributed by atoms with Crippen molar-refractivity contribution in [2.75, 3.05) is 11.9 Å². The molecular weight excluding hydrogens is 273 g/mol. The van der Waals surface area contributed by atoms with Gasteiger partial charge in [-0.15, -0.1) is 0 Å². The first-order valence-electron chi connectivity index (χ1n) is 4.40. The van der Waals surface area contributed by atoms with Crippen LogP contribution in [0.25, 0.3) is 0 Å². The molecule has 2 nitrogen and oxygen atoms in total. The number of aromatic nitrogens is 1. The number of hydrogen-bond acceptors (Lipinski definition) is 2. The third-order valence-corrected chi connectivity index (χ3v) is 2.33. The molecule has 1 N–H and O–H groups in total. The van der Waals surface area contributed by atoms with Crippen LogP contribution in [0.3, 0.4) is 0 Å². The van der Waals surface area contributed by atoms with E-state index in [9.17, 15) is 13.2 Å². The summed E-state index contributed by atoms with van der Waals surface area (Å²) in [6.07, 6.45) is -3.23. The Labute approximate surface area is 94.0 Å². The van der Waals surface area contributed by atoms with Crippen LogP contribution in [0.5, 0.6) is 0 Å². The minimum absolute atomic E-state index is 0.0481. The minimum atomic E-state index is -4.08. The van der Waals surface area contributed by atoms with Gasteiger partial charge < -0.3 is 5.32 Å². The summed E-state index contributed by atoms with van der Waals surface area (Å²) in [4.78, 5) is 3.97. The van der Waals surface area contributed by atoms with Gasteiger partial charge in [-0.1, -0.05) is 0 Å². The Morgan fingerprint density at radius 1 is 1.40 bits per heavy atom. The molecular formula is C9H10BrF3N2. The first-order chi connectivity index (χ1) is 6.99. The maximum Gasteiger partial charge on any atom is 0.389 e. The maximum absolute atomic E-state index is 11.8. The predicted octanol–water partition coefficient (Wildman–Crippen LogP) is 3.60. The first kappa shape index (κ1) is 12.3. The lowest BCUT2D eigenvalue weighted by atomic mass is 10.3. The molecule has 0 saturated heterocycles. The molecule has 0 saturated carbocycles. The van der Waals surface area contributed by atoms with Crippen molar-refractivity contribution in [2.24, 2.45) is 0 Å². The van der Waals surface area contributed by atoms with Gasteiger partial charge in [0.15, 0.2) is 0 Å². The molecule has 0 amide bonds. The van der Waals surface area contributed by atoms with Crippen molar-refractivity contribution in [3.05, 3.63) is 22.8 Å². The average Bonchev–Trinajstić information content (AvgIpc) is 2.13. The zero-order valence-electron chi connectivity index (χ0n) is 7.81. The molecule has 0 bridgehead atoms. The standard InChI is InChI=1S/C9H10BrF3N2/c10-7-3-1-5-14-8(7)15-6-2-4-9(11,12)13/h1,3,5H,2,4,6H2,(H,14,15). The lowest BCUT2D eigenvalue weighted by molar-refractivity contribution is -0.134. The van der Waals surface area contributed by atoms with E-state index in [1.54, 1.807) is 18.3 Å². The van der Waals surface area contributed by atoms with Crippen LogP contribution in [0.15, 0.2) is 22.8 Å². The summed E-state index contributed by atoms with van der Waals surface area (Å²) in [5.74, 6) is 0.569. The van der Waals surface area contributed by atoms with Crippen molar-refractivity contribution in [3.8, 4) is 0 Å². The summed E-state index contributed by atoms with van der Waals surface area (Å²) in [5.41, 5.74) is 0. The molecule has 1 heterocycles. The fourth-order valence-corrected chi connectivity index (χ4v) is 1.41. The molecule has 84 valence electrons. The van der Waals surface area contributed by atoms with Crippen LogP contribution in [-0.2, 0) is 0 Å². The van der Waals surface area contributed by atoms with Gasteiger partial charge in [0.05, 0.1) is 4.47 Å². The number of hydrogen-bond donors (Lipinski definition) is 1. The van der Waals surface area contributed by atoms with Gasteiger partial charge in [-0.05, 0) is 34.5 Å². The van der Waals surface area contributed by atoms with Gasteiger partial charge in [-0.2, -0.15) is 13.2 Å². The van der Waals surface area contributed by atoms with Gasteiger partial charge in [0.2, 0.25) is 0 Å². The fourth-order valence-electron chi connectivity index (χ4n) is 1.01. The van der Waals surface area contributed by atoms with Crippen molar-refractivity contribution in [2.45, 2.75) is 19.0 Å². The Morgan fingerprint density at radius 3 is 2.73 bits per heavy atom. The SMILES string of the molecule is FC(F)(F)CCCNc1ncccc1Br. The van der Waals surface area contributed by atoms with Crippen LogP contribution in [0.4, 0.5) is 19.0 Å². The Hall–Kier alpha value is -0.780. The van der Waals surface area contributed by atoms with E-state index in [0.29, 0.717) is 5.82 Å². The second-order valence-electron chi connectivity index (χ2n) is 2.98. The molecule has 0 aliphatic rings. The van der Waals surface area contributed by atoms with E-state index in [2.05, 4.69) is 26.2 Å². The number of nitrogens with one attached hydrogen (secondary N) is 1. The average molecular weight is 283 g/mol. The first-order valence-corrected chi connectivity index (χ1v) is 5.19. The van der Waals surface area contributed by atoms with E-state index in [4.69, 9.17) is 0 Å². The highest BCUT2D eigenvalue weighted by atomic mass is 79.9. The number of alkyl halides is 3. The topological polar surface area (TPSA) is 24.9 Å². The number of halogens is 4. The Balaban J connectivity index is 2.30. The second-order valence-corrected chi connectivity index (χ2v) is 3.83. The third-order valence-electron chi connectivity index (χ3n) is 1.69. The van der Waals surface area contributed by atoms with E-state index in [0.717, 1.165) is 4.47 Å². The van der Waals surface area contributed by atoms with Crippen molar-refractivity contribution in [3.63, 3.8) is 0 Å². The van der Waals surface area contributed by atoms with Gasteiger partial charge in [0.25, 0.3) is 0 Å². The number of anilines is 1. The zero-order chi connectivity index (χ0) is 11.3. The lowest BCUT2D eigenvalue weighted by Crippen LogP contribution is -2.11. The van der Waals surface area contributed by atoms with E-state index < -0.39 is 12.6 Å². The number of nitrogens with zero attached hydrogens (tertiary/aromatic N) is 1. The molecule has 0 atom stereocenters. The van der Waals surface area contributed by atoms with E-state index in [1.165, 1.54) is 0 Å². The molecule has 1 rings (SSSR count). The van der Waals surface area contributed by atoms with Crippen LogP contribution in [-0.4, -0.2) is 17.7 Å². The molecule has 0 fully saturated rings. The van der Waals surface area contributed by atoms with Crippen molar-refractivity contribution in [1.82, 2.24) is 4.98 Å². The van der Waals surface area contributed by atoms with Gasteiger partial charge in [0.1, 0.15) is 5.82 Å². The molecule has 1 aromatic heterocycles. The van der Waals surface area contributed by atoms with Crippen LogP contribution in [0, 0.1) is 0 Å². The van der Waals surface area contributed by atoms with Crippen molar-refractivity contribution in [1.29, 1.82) is 0 Å². The zero-order valence-corrected chi connectivity index (χ0v) is 9.40. The molecule has 0 aromatic carbocycles. The van der Waals surface area contributed by atoms with Crippen LogP contribution < -0.4 is 5.32 Å². The van der Waals surface area contributed by atoms with Crippen molar-refractivity contribution < 1.29 is 13.2 Å². The minimum Gasteiger partial charge on any atom is -0.369 e. The maximum atomic E-state index is 11.8. The summed E-state index contributed by atoms with van der Waals surface area (Å²) in [5, 5.41) is 2.83. The molecule has 15 heavy (non-hydrogen) atoms. The summed E-state index contributed by atoms with van der Waals surface area (Å²) in [6, 6.07) is 3.52. The lowest BCUT2D eigenvalue weighted by Gasteiger charge is -2.08. The van der Waals surface area contributed by atoms with Crippen LogP contribution in [0.1, 0.15) is 12.8 Å². The molecule has 1 aromatic rings. The molecule has 0 aliphatic heterocycles. The number of pyridine rings is 1. The molecule has 0 radical (unpaired) electrons. The normalized spacial score (nSPS) is 11.5. The van der Waals surface area contributed by atoms with Gasteiger partial charge in [-0.3, -0.25) is 0 Å². The van der Waals surface area contributed by atoms with E-state index >= 15 is 0 Å². The molecule has 6 heteroatoms. The smallest absolute Gasteiger partial charge is 0.369 e. The largest absolute Gasteiger partial charge is 0.389 e. The highest BCUT2D eigenvalue weighted by molar-refractivity contribution is 9.10. The summed E-state index contributed by atoms with van der Waals surface area (Å²) < 4.78 is 36.2. The van der Waals surface area contributed by atoms with E-state index in [-0.39, 0.29) is 13.0 Å². The van der Waals surface area contributed by atoms with Crippen LogP contribution in [0.2, 0.25) is 0 Å². The van der Waals surface area contributed by atoms with Crippen molar-refractivity contribution >= 4 is 21.7 Å².